The van der Waals surface area contributed by atoms with Crippen LogP contribution < -0.4 is 10.6 Å². The largest absolute Gasteiger partial charge is 0.335 e. The molecule has 1 heterocycles. The zero-order chi connectivity index (χ0) is 13.7. The first-order chi connectivity index (χ1) is 9.30. The van der Waals surface area contributed by atoms with Gasteiger partial charge in [-0.3, -0.25) is 0 Å². The molecule has 19 heavy (non-hydrogen) atoms. The monoisotopic (exact) mass is 263 g/mol. The quantitative estimate of drug-likeness (QED) is 0.846. The van der Waals surface area contributed by atoms with Crippen LogP contribution in [0.4, 0.5) is 5.95 Å². The number of nitrogens with zero attached hydrogens (tertiary/aromatic N) is 4. The zero-order valence-electron chi connectivity index (χ0n) is 12.1. The number of hydrogen-bond acceptors (Lipinski definition) is 5. The summed E-state index contributed by atoms with van der Waals surface area (Å²) in [4.78, 5) is 6.98. The Morgan fingerprint density at radius 1 is 1.11 bits per heavy atom. The maximum absolute atomic E-state index is 5.74. The molecular weight excluding hydrogens is 238 g/mol. The van der Waals surface area contributed by atoms with E-state index in [0.717, 1.165) is 36.7 Å². The highest BCUT2D eigenvalue weighted by Crippen LogP contribution is 2.26. The van der Waals surface area contributed by atoms with E-state index in [0.29, 0.717) is 12.6 Å². The van der Waals surface area contributed by atoms with E-state index >= 15 is 0 Å². The molecule has 5 heteroatoms. The lowest BCUT2D eigenvalue weighted by atomic mass is 10.2. The third kappa shape index (κ3) is 3.21. The second kappa shape index (κ2) is 6.80. The summed E-state index contributed by atoms with van der Waals surface area (Å²) in [5, 5.41) is 8.68. The summed E-state index contributed by atoms with van der Waals surface area (Å²) in [6, 6.07) is 0.544. The van der Waals surface area contributed by atoms with Crippen LogP contribution in [0.5, 0.6) is 0 Å². The average molecular weight is 263 g/mol. The molecule has 1 aliphatic rings. The van der Waals surface area contributed by atoms with E-state index in [-0.39, 0.29) is 0 Å². The standard InChI is InChI=1S/C14H25N5/c1-3-12-13(4-2)17-18-14(16-12)19(10-9-15)11-7-5-6-8-11/h11H,3-10,15H2,1-2H3. The lowest BCUT2D eigenvalue weighted by Gasteiger charge is -2.28. The van der Waals surface area contributed by atoms with Gasteiger partial charge in [0.1, 0.15) is 0 Å². The molecule has 2 N–H and O–H groups in total. The van der Waals surface area contributed by atoms with Crippen molar-refractivity contribution >= 4 is 5.95 Å². The molecule has 0 amide bonds. The van der Waals surface area contributed by atoms with Gasteiger partial charge in [-0.05, 0) is 25.7 Å². The number of rotatable bonds is 6. The van der Waals surface area contributed by atoms with Crippen molar-refractivity contribution in [3.05, 3.63) is 11.4 Å². The van der Waals surface area contributed by atoms with Gasteiger partial charge >= 0.3 is 0 Å². The fourth-order valence-electron chi connectivity index (χ4n) is 2.85. The van der Waals surface area contributed by atoms with Gasteiger partial charge < -0.3 is 10.6 Å². The summed E-state index contributed by atoms with van der Waals surface area (Å²) in [7, 11) is 0. The van der Waals surface area contributed by atoms with Gasteiger partial charge in [-0.15, -0.1) is 5.10 Å². The van der Waals surface area contributed by atoms with Crippen LogP contribution >= 0.6 is 0 Å². The van der Waals surface area contributed by atoms with Gasteiger partial charge in [0.2, 0.25) is 5.95 Å². The number of hydrogen-bond donors (Lipinski definition) is 1. The zero-order valence-corrected chi connectivity index (χ0v) is 12.1. The molecule has 0 unspecified atom stereocenters. The summed E-state index contributed by atoms with van der Waals surface area (Å²) < 4.78 is 0. The topological polar surface area (TPSA) is 67.9 Å². The van der Waals surface area contributed by atoms with Crippen molar-refractivity contribution in [2.45, 2.75) is 58.4 Å². The third-order valence-corrected chi connectivity index (χ3v) is 3.89. The predicted molar refractivity (Wildman–Crippen MR) is 77.2 cm³/mol. The van der Waals surface area contributed by atoms with Crippen LogP contribution in [0.15, 0.2) is 0 Å². The lowest BCUT2D eigenvalue weighted by Crippen LogP contribution is -2.39. The van der Waals surface area contributed by atoms with Crippen LogP contribution in [0.2, 0.25) is 0 Å². The minimum atomic E-state index is 0.544. The van der Waals surface area contributed by atoms with E-state index in [9.17, 15) is 0 Å². The molecule has 0 bridgehead atoms. The Morgan fingerprint density at radius 3 is 2.37 bits per heavy atom. The highest BCUT2D eigenvalue weighted by atomic mass is 15.3. The van der Waals surface area contributed by atoms with Crippen LogP contribution in [0, 0.1) is 0 Å². The van der Waals surface area contributed by atoms with Crippen molar-refractivity contribution in [1.29, 1.82) is 0 Å². The highest BCUT2D eigenvalue weighted by molar-refractivity contribution is 5.32. The summed E-state index contributed by atoms with van der Waals surface area (Å²) in [5.41, 5.74) is 7.84. The molecule has 0 aliphatic heterocycles. The molecule has 1 aliphatic carbocycles. The van der Waals surface area contributed by atoms with Gasteiger partial charge in [0, 0.05) is 19.1 Å². The van der Waals surface area contributed by atoms with Crippen LogP contribution in [-0.2, 0) is 12.8 Å². The van der Waals surface area contributed by atoms with E-state index in [1.807, 2.05) is 0 Å². The molecule has 1 aromatic heterocycles. The number of aryl methyl sites for hydroxylation is 2. The van der Waals surface area contributed by atoms with Crippen molar-refractivity contribution in [1.82, 2.24) is 15.2 Å². The van der Waals surface area contributed by atoms with Crippen molar-refractivity contribution in [2.75, 3.05) is 18.0 Å². The normalized spacial score (nSPS) is 15.9. The Balaban J connectivity index is 2.25. The van der Waals surface area contributed by atoms with Gasteiger partial charge in [0.15, 0.2) is 0 Å². The van der Waals surface area contributed by atoms with E-state index in [1.54, 1.807) is 0 Å². The number of nitrogens with two attached hydrogens (primary N) is 1. The van der Waals surface area contributed by atoms with E-state index in [4.69, 9.17) is 10.7 Å². The van der Waals surface area contributed by atoms with Gasteiger partial charge in [-0.1, -0.05) is 26.7 Å². The van der Waals surface area contributed by atoms with Crippen LogP contribution in [0.1, 0.15) is 50.9 Å². The average Bonchev–Trinajstić information content (AvgIpc) is 2.98. The third-order valence-electron chi connectivity index (χ3n) is 3.89. The minimum absolute atomic E-state index is 0.544. The molecule has 1 fully saturated rings. The van der Waals surface area contributed by atoms with Gasteiger partial charge in [-0.25, -0.2) is 4.98 Å². The fraction of sp³-hybridized carbons (Fsp3) is 0.786. The first-order valence-corrected chi connectivity index (χ1v) is 7.49. The molecule has 1 saturated carbocycles. The maximum atomic E-state index is 5.74. The van der Waals surface area contributed by atoms with Crippen LogP contribution in [0.3, 0.4) is 0 Å². The lowest BCUT2D eigenvalue weighted by molar-refractivity contribution is 0.585. The van der Waals surface area contributed by atoms with Gasteiger partial charge in [0.25, 0.3) is 0 Å². The highest BCUT2D eigenvalue weighted by Gasteiger charge is 2.24. The predicted octanol–water partition coefficient (Wildman–Crippen LogP) is 1.70. The first kappa shape index (κ1) is 14.2. The van der Waals surface area contributed by atoms with Gasteiger partial charge in [0.05, 0.1) is 11.4 Å². The summed E-state index contributed by atoms with van der Waals surface area (Å²) in [6.07, 6.45) is 6.84. The van der Waals surface area contributed by atoms with E-state index < -0.39 is 0 Å². The molecule has 1 aromatic rings. The Kier molecular flexibility index (Phi) is 5.07. The SMILES string of the molecule is CCc1nnc(N(CCN)C2CCCC2)nc1CC. The Bertz CT molecular complexity index is 401. The Morgan fingerprint density at radius 2 is 1.79 bits per heavy atom. The maximum Gasteiger partial charge on any atom is 0.245 e. The van der Waals surface area contributed by atoms with Crippen molar-refractivity contribution in [3.63, 3.8) is 0 Å². The molecular formula is C14H25N5. The van der Waals surface area contributed by atoms with Gasteiger partial charge in [-0.2, -0.15) is 5.10 Å². The van der Waals surface area contributed by atoms with Crippen molar-refractivity contribution < 1.29 is 0 Å². The van der Waals surface area contributed by atoms with Crippen molar-refractivity contribution in [3.8, 4) is 0 Å². The first-order valence-electron chi connectivity index (χ1n) is 7.49. The second-order valence-corrected chi connectivity index (χ2v) is 5.13. The number of anilines is 1. The molecule has 2 rings (SSSR count). The van der Waals surface area contributed by atoms with Crippen molar-refractivity contribution in [2.24, 2.45) is 5.73 Å². The Hall–Kier alpha value is -1.23. The minimum Gasteiger partial charge on any atom is -0.335 e. The fourth-order valence-corrected chi connectivity index (χ4v) is 2.85. The molecule has 0 radical (unpaired) electrons. The summed E-state index contributed by atoms with van der Waals surface area (Å²) in [6.45, 7) is 5.67. The van der Waals surface area contributed by atoms with E-state index in [1.165, 1.54) is 25.7 Å². The molecule has 0 saturated heterocycles. The smallest absolute Gasteiger partial charge is 0.245 e. The second-order valence-electron chi connectivity index (χ2n) is 5.13. The van der Waals surface area contributed by atoms with Crippen LogP contribution in [-0.4, -0.2) is 34.3 Å². The number of aromatic nitrogens is 3. The summed E-state index contributed by atoms with van der Waals surface area (Å²) >= 11 is 0. The molecule has 0 atom stereocenters. The molecule has 5 nitrogen and oxygen atoms in total. The van der Waals surface area contributed by atoms with Crippen LogP contribution in [0.25, 0.3) is 0 Å². The Labute approximate surface area is 115 Å². The summed E-state index contributed by atoms with van der Waals surface area (Å²) in [5.74, 6) is 0.770. The molecule has 106 valence electrons. The molecule has 0 spiro atoms. The molecule has 0 aromatic carbocycles. The van der Waals surface area contributed by atoms with E-state index in [2.05, 4.69) is 28.9 Å².